The number of hydrogen-bond donors (Lipinski definition) is 1. The molecule has 1 aliphatic heterocycles. The van der Waals surface area contributed by atoms with Gasteiger partial charge in [-0.05, 0) is 30.2 Å². The third-order valence-electron chi connectivity index (χ3n) is 2.58. The van der Waals surface area contributed by atoms with E-state index in [1.807, 2.05) is 13.0 Å². The quantitative estimate of drug-likeness (QED) is 0.828. The van der Waals surface area contributed by atoms with Gasteiger partial charge in [0.05, 0.1) is 9.80 Å². The zero-order valence-corrected chi connectivity index (χ0v) is 9.21. The second-order valence-corrected chi connectivity index (χ2v) is 5.55. The maximum absolute atomic E-state index is 11.9. The molecule has 1 heterocycles. The Balaban J connectivity index is 2.64. The SMILES string of the molecule is Cc1cccc2c1C=C(CCO)S2(=O)=O. The summed E-state index contributed by atoms with van der Waals surface area (Å²) < 4.78 is 23.9. The standard InChI is InChI=1S/C11H12O3S/c1-8-3-2-4-11-10(8)7-9(5-6-12)15(11,13)14/h2-4,7,12H,5-6H2,1H3. The number of hydrogen-bond acceptors (Lipinski definition) is 3. The minimum Gasteiger partial charge on any atom is -0.396 e. The van der Waals surface area contributed by atoms with Gasteiger partial charge in [0, 0.05) is 13.0 Å². The third kappa shape index (κ3) is 1.50. The number of aliphatic hydroxyl groups excluding tert-OH is 1. The van der Waals surface area contributed by atoms with Crippen LogP contribution in [0.1, 0.15) is 17.5 Å². The lowest BCUT2D eigenvalue weighted by Gasteiger charge is -2.02. The molecule has 1 aliphatic rings. The molecule has 0 fully saturated rings. The second-order valence-electron chi connectivity index (χ2n) is 3.57. The van der Waals surface area contributed by atoms with Crippen molar-refractivity contribution < 1.29 is 13.5 Å². The van der Waals surface area contributed by atoms with Gasteiger partial charge < -0.3 is 5.11 Å². The van der Waals surface area contributed by atoms with Gasteiger partial charge in [0.25, 0.3) is 0 Å². The fourth-order valence-electron chi connectivity index (χ4n) is 1.77. The van der Waals surface area contributed by atoms with Crippen LogP contribution in [0.2, 0.25) is 0 Å². The van der Waals surface area contributed by atoms with Crippen molar-refractivity contribution in [1.82, 2.24) is 0 Å². The highest BCUT2D eigenvalue weighted by Gasteiger charge is 2.29. The molecule has 0 amide bonds. The molecule has 0 atom stereocenters. The molecule has 0 radical (unpaired) electrons. The second kappa shape index (κ2) is 3.47. The van der Waals surface area contributed by atoms with Crippen molar-refractivity contribution >= 4 is 15.9 Å². The predicted octanol–water partition coefficient (Wildman–Crippen LogP) is 1.51. The number of benzene rings is 1. The van der Waals surface area contributed by atoms with E-state index in [1.54, 1.807) is 18.2 Å². The molecule has 1 aromatic carbocycles. The molecular formula is C11H12O3S. The van der Waals surface area contributed by atoms with E-state index in [9.17, 15) is 8.42 Å². The molecular weight excluding hydrogens is 212 g/mol. The van der Waals surface area contributed by atoms with Crippen LogP contribution in [0.15, 0.2) is 28.0 Å². The van der Waals surface area contributed by atoms with Gasteiger partial charge >= 0.3 is 0 Å². The number of rotatable bonds is 2. The summed E-state index contributed by atoms with van der Waals surface area (Å²) in [4.78, 5) is 0.681. The van der Waals surface area contributed by atoms with Crippen LogP contribution in [0.3, 0.4) is 0 Å². The van der Waals surface area contributed by atoms with Crippen LogP contribution in [-0.4, -0.2) is 20.1 Å². The molecule has 1 N–H and O–H groups in total. The number of sulfone groups is 1. The van der Waals surface area contributed by atoms with Crippen LogP contribution in [0.4, 0.5) is 0 Å². The molecule has 2 rings (SSSR count). The zero-order valence-electron chi connectivity index (χ0n) is 8.40. The average Bonchev–Trinajstić information content (AvgIpc) is 2.43. The van der Waals surface area contributed by atoms with E-state index in [4.69, 9.17) is 5.11 Å². The van der Waals surface area contributed by atoms with Crippen molar-refractivity contribution in [3.63, 3.8) is 0 Å². The zero-order chi connectivity index (χ0) is 11.1. The fourth-order valence-corrected chi connectivity index (χ4v) is 3.45. The van der Waals surface area contributed by atoms with E-state index in [1.165, 1.54) is 0 Å². The van der Waals surface area contributed by atoms with E-state index in [-0.39, 0.29) is 13.0 Å². The van der Waals surface area contributed by atoms with Crippen molar-refractivity contribution in [2.24, 2.45) is 0 Å². The Bertz CT molecular complexity index is 527. The molecule has 3 nitrogen and oxygen atoms in total. The predicted molar refractivity (Wildman–Crippen MR) is 58.0 cm³/mol. The highest BCUT2D eigenvalue weighted by Crippen LogP contribution is 2.35. The molecule has 0 unspecified atom stereocenters. The van der Waals surface area contributed by atoms with Gasteiger partial charge in [-0.3, -0.25) is 0 Å². The Labute approximate surface area is 89.0 Å². The molecule has 0 aliphatic carbocycles. The summed E-state index contributed by atoms with van der Waals surface area (Å²) in [6, 6.07) is 5.23. The van der Waals surface area contributed by atoms with E-state index < -0.39 is 9.84 Å². The molecule has 1 aromatic rings. The maximum Gasteiger partial charge on any atom is 0.203 e. The van der Waals surface area contributed by atoms with Crippen LogP contribution in [0.25, 0.3) is 6.08 Å². The average molecular weight is 224 g/mol. The van der Waals surface area contributed by atoms with Gasteiger partial charge in [0.1, 0.15) is 0 Å². The lowest BCUT2D eigenvalue weighted by Crippen LogP contribution is -2.02. The monoisotopic (exact) mass is 224 g/mol. The fraction of sp³-hybridized carbons (Fsp3) is 0.273. The third-order valence-corrected chi connectivity index (χ3v) is 4.53. The summed E-state index contributed by atoms with van der Waals surface area (Å²) in [5.41, 5.74) is 1.71. The Morgan fingerprint density at radius 1 is 1.33 bits per heavy atom. The first-order valence-electron chi connectivity index (χ1n) is 4.73. The largest absolute Gasteiger partial charge is 0.396 e. The van der Waals surface area contributed by atoms with Crippen LogP contribution >= 0.6 is 0 Å². The Hall–Kier alpha value is -1.13. The minimum atomic E-state index is -3.33. The first kappa shape index (κ1) is 10.4. The molecule has 0 saturated carbocycles. The molecule has 15 heavy (non-hydrogen) atoms. The lowest BCUT2D eigenvalue weighted by molar-refractivity contribution is 0.301. The van der Waals surface area contributed by atoms with Crippen LogP contribution < -0.4 is 0 Å². The van der Waals surface area contributed by atoms with Crippen molar-refractivity contribution in [2.75, 3.05) is 6.61 Å². The Morgan fingerprint density at radius 3 is 2.67 bits per heavy atom. The van der Waals surface area contributed by atoms with Gasteiger partial charge in [0.15, 0.2) is 0 Å². The number of aliphatic hydroxyl groups is 1. The molecule has 0 aromatic heterocycles. The highest BCUT2D eigenvalue weighted by molar-refractivity contribution is 7.95. The number of aryl methyl sites for hydroxylation is 1. The normalized spacial score (nSPS) is 17.3. The molecule has 80 valence electrons. The highest BCUT2D eigenvalue weighted by atomic mass is 32.2. The van der Waals surface area contributed by atoms with E-state index in [0.29, 0.717) is 9.80 Å². The van der Waals surface area contributed by atoms with Gasteiger partial charge in [-0.2, -0.15) is 0 Å². The first-order chi connectivity index (χ1) is 7.07. The molecule has 0 spiro atoms. The summed E-state index contributed by atoms with van der Waals surface area (Å²) in [6.07, 6.45) is 1.85. The van der Waals surface area contributed by atoms with Crippen molar-refractivity contribution in [1.29, 1.82) is 0 Å². The summed E-state index contributed by atoms with van der Waals surface area (Å²) in [7, 11) is -3.33. The Kier molecular flexibility index (Phi) is 2.40. The van der Waals surface area contributed by atoms with Gasteiger partial charge in [0.2, 0.25) is 9.84 Å². The lowest BCUT2D eigenvalue weighted by atomic mass is 10.1. The van der Waals surface area contributed by atoms with E-state index in [2.05, 4.69) is 0 Å². The Morgan fingerprint density at radius 2 is 2.07 bits per heavy atom. The molecule has 4 heteroatoms. The van der Waals surface area contributed by atoms with Crippen LogP contribution in [0.5, 0.6) is 0 Å². The van der Waals surface area contributed by atoms with Gasteiger partial charge in [-0.1, -0.05) is 12.1 Å². The van der Waals surface area contributed by atoms with Crippen molar-refractivity contribution in [2.45, 2.75) is 18.2 Å². The maximum atomic E-state index is 11.9. The topological polar surface area (TPSA) is 54.4 Å². The van der Waals surface area contributed by atoms with E-state index in [0.717, 1.165) is 11.1 Å². The van der Waals surface area contributed by atoms with Crippen LogP contribution in [-0.2, 0) is 9.84 Å². The summed E-state index contributed by atoms with van der Waals surface area (Å²) in [5, 5.41) is 8.80. The van der Waals surface area contributed by atoms with Gasteiger partial charge in [-0.25, -0.2) is 8.42 Å². The first-order valence-corrected chi connectivity index (χ1v) is 6.22. The molecule has 0 saturated heterocycles. The van der Waals surface area contributed by atoms with E-state index >= 15 is 0 Å². The van der Waals surface area contributed by atoms with Crippen LogP contribution in [0, 0.1) is 6.92 Å². The number of fused-ring (bicyclic) bond motifs is 1. The minimum absolute atomic E-state index is 0.141. The van der Waals surface area contributed by atoms with Crippen molar-refractivity contribution in [3.05, 3.63) is 34.2 Å². The van der Waals surface area contributed by atoms with Gasteiger partial charge in [-0.15, -0.1) is 0 Å². The van der Waals surface area contributed by atoms with Crippen molar-refractivity contribution in [3.8, 4) is 0 Å². The summed E-state index contributed by atoms with van der Waals surface area (Å²) in [6.45, 7) is 1.74. The summed E-state index contributed by atoms with van der Waals surface area (Å²) in [5.74, 6) is 0. The summed E-state index contributed by atoms with van der Waals surface area (Å²) >= 11 is 0. The molecule has 0 bridgehead atoms. The smallest absolute Gasteiger partial charge is 0.203 e.